The molecule has 0 aliphatic carbocycles. The average Bonchev–Trinajstić information content (AvgIpc) is 2.79. The van der Waals surface area contributed by atoms with E-state index in [4.69, 9.17) is 9.47 Å². The highest BCUT2D eigenvalue weighted by atomic mass is 16.5. The van der Waals surface area contributed by atoms with Crippen LogP contribution in [-0.4, -0.2) is 33.3 Å². The number of nitrogens with zero attached hydrogens (tertiary/aromatic N) is 3. The van der Waals surface area contributed by atoms with Gasteiger partial charge in [0.2, 0.25) is 0 Å². The summed E-state index contributed by atoms with van der Waals surface area (Å²) in [7, 11) is 0. The lowest BCUT2D eigenvalue weighted by molar-refractivity contribution is 0.197. The Hall–Kier alpha value is -2.37. The van der Waals surface area contributed by atoms with Crippen LogP contribution in [0.25, 0.3) is 11.4 Å². The quantitative estimate of drug-likeness (QED) is 0.351. The summed E-state index contributed by atoms with van der Waals surface area (Å²) in [5, 5.41) is 10.3. The summed E-state index contributed by atoms with van der Waals surface area (Å²) in [6, 6.07) is 7.52. The van der Waals surface area contributed by atoms with Crippen LogP contribution in [0, 0.1) is 11.8 Å². The summed E-state index contributed by atoms with van der Waals surface area (Å²) in [5.41, 5.74) is 0.538. The molecule has 2 rings (SSSR count). The molecule has 2 atom stereocenters. The Morgan fingerprint density at radius 1 is 0.774 bits per heavy atom. The normalized spacial score (nSPS) is 13.0. The van der Waals surface area contributed by atoms with Gasteiger partial charge in [0, 0.05) is 0 Å². The second kappa shape index (κ2) is 13.8. The maximum Gasteiger partial charge on any atom is 0.323 e. The Morgan fingerprint density at radius 2 is 1.29 bits per heavy atom. The predicted octanol–water partition coefficient (Wildman–Crippen LogP) is 6.43. The van der Waals surface area contributed by atoms with Gasteiger partial charge < -0.3 is 14.6 Å². The largest absolute Gasteiger partial charge is 0.507 e. The number of aromatic nitrogens is 3. The van der Waals surface area contributed by atoms with Gasteiger partial charge in [-0.1, -0.05) is 78.4 Å². The van der Waals surface area contributed by atoms with Crippen molar-refractivity contribution in [1.82, 2.24) is 15.0 Å². The Morgan fingerprint density at radius 3 is 1.74 bits per heavy atom. The summed E-state index contributed by atoms with van der Waals surface area (Å²) >= 11 is 0. The zero-order chi connectivity index (χ0) is 22.5. The topological polar surface area (TPSA) is 77.4 Å². The maximum atomic E-state index is 10.3. The third kappa shape index (κ3) is 8.35. The van der Waals surface area contributed by atoms with Gasteiger partial charge in [0.05, 0.1) is 18.8 Å². The molecule has 2 aromatic rings. The Kier molecular flexibility index (Phi) is 11.1. The molecule has 172 valence electrons. The minimum atomic E-state index is 0.120. The van der Waals surface area contributed by atoms with Crippen LogP contribution in [0.4, 0.5) is 0 Å². The molecule has 0 radical (unpaired) electrons. The molecular weight excluding hydrogens is 390 g/mol. The number of hydrogen-bond acceptors (Lipinski definition) is 6. The SMILES string of the molecule is CCCCC(CC)COc1nc(OCC(CC)CCCC)nc(-c2ccccc2O)n1. The molecule has 0 bridgehead atoms. The van der Waals surface area contributed by atoms with E-state index in [9.17, 15) is 5.11 Å². The standard InChI is InChI=1S/C25H39N3O3/c1-5-9-13-19(7-3)17-30-24-26-23(21-15-11-12-16-22(21)29)27-25(28-24)31-18-20(8-4)14-10-6-2/h11-12,15-16,19-20,29H,5-10,13-14,17-18H2,1-4H3. The molecule has 1 N–H and O–H groups in total. The summed E-state index contributed by atoms with van der Waals surface area (Å²) in [6.45, 7) is 9.89. The first-order valence-electron chi connectivity index (χ1n) is 11.9. The van der Waals surface area contributed by atoms with Crippen LogP contribution < -0.4 is 9.47 Å². The van der Waals surface area contributed by atoms with E-state index >= 15 is 0 Å². The molecule has 2 unspecified atom stereocenters. The number of unbranched alkanes of at least 4 members (excludes halogenated alkanes) is 2. The van der Waals surface area contributed by atoms with Crippen molar-refractivity contribution in [2.45, 2.75) is 79.1 Å². The highest BCUT2D eigenvalue weighted by molar-refractivity contribution is 5.63. The van der Waals surface area contributed by atoms with Crippen molar-refractivity contribution in [2.75, 3.05) is 13.2 Å². The van der Waals surface area contributed by atoms with E-state index in [1.807, 2.05) is 6.07 Å². The fourth-order valence-corrected chi connectivity index (χ4v) is 3.43. The molecule has 0 amide bonds. The minimum absolute atomic E-state index is 0.120. The number of hydrogen-bond donors (Lipinski definition) is 1. The number of aromatic hydroxyl groups is 1. The van der Waals surface area contributed by atoms with Crippen LogP contribution in [0.5, 0.6) is 17.8 Å². The van der Waals surface area contributed by atoms with Gasteiger partial charge in [-0.3, -0.25) is 0 Å². The smallest absolute Gasteiger partial charge is 0.323 e. The molecular formula is C25H39N3O3. The highest BCUT2D eigenvalue weighted by Crippen LogP contribution is 2.28. The average molecular weight is 430 g/mol. The second-order valence-electron chi connectivity index (χ2n) is 8.20. The van der Waals surface area contributed by atoms with Gasteiger partial charge in [-0.25, -0.2) is 0 Å². The monoisotopic (exact) mass is 429 g/mol. The van der Waals surface area contributed by atoms with Crippen molar-refractivity contribution in [3.8, 4) is 29.2 Å². The van der Waals surface area contributed by atoms with Crippen molar-refractivity contribution in [1.29, 1.82) is 0 Å². The van der Waals surface area contributed by atoms with Crippen molar-refractivity contribution in [3.05, 3.63) is 24.3 Å². The molecule has 1 aromatic heterocycles. The van der Waals surface area contributed by atoms with Gasteiger partial charge in [0.1, 0.15) is 5.75 Å². The van der Waals surface area contributed by atoms with Gasteiger partial charge in [0.15, 0.2) is 5.82 Å². The molecule has 6 heteroatoms. The molecule has 1 aromatic carbocycles. The van der Waals surface area contributed by atoms with Gasteiger partial charge in [0.25, 0.3) is 0 Å². The number of para-hydroxylation sites is 1. The molecule has 0 aliphatic rings. The Bertz CT molecular complexity index is 731. The van der Waals surface area contributed by atoms with E-state index in [1.165, 1.54) is 25.7 Å². The number of rotatable bonds is 15. The second-order valence-corrected chi connectivity index (χ2v) is 8.20. The summed E-state index contributed by atoms with van der Waals surface area (Å²) in [4.78, 5) is 13.3. The number of phenolic OH excluding ortho intramolecular Hbond substituents is 1. The van der Waals surface area contributed by atoms with Crippen molar-refractivity contribution >= 4 is 0 Å². The fraction of sp³-hybridized carbons (Fsp3) is 0.640. The third-order valence-electron chi connectivity index (χ3n) is 5.72. The molecule has 0 fully saturated rings. The Labute approximate surface area is 187 Å². The van der Waals surface area contributed by atoms with E-state index in [2.05, 4.69) is 42.6 Å². The van der Waals surface area contributed by atoms with Gasteiger partial charge in [-0.15, -0.1) is 4.98 Å². The predicted molar refractivity (Wildman–Crippen MR) is 125 cm³/mol. The number of ether oxygens (including phenoxy) is 2. The van der Waals surface area contributed by atoms with Crippen LogP contribution in [0.1, 0.15) is 79.1 Å². The van der Waals surface area contributed by atoms with Crippen molar-refractivity contribution < 1.29 is 14.6 Å². The van der Waals surface area contributed by atoms with E-state index in [-0.39, 0.29) is 17.8 Å². The molecule has 0 saturated carbocycles. The maximum absolute atomic E-state index is 10.3. The van der Waals surface area contributed by atoms with Crippen LogP contribution in [0.15, 0.2) is 24.3 Å². The summed E-state index contributed by atoms with van der Waals surface area (Å²) in [6.07, 6.45) is 9.08. The van der Waals surface area contributed by atoms with Gasteiger partial charge >= 0.3 is 12.0 Å². The zero-order valence-electron chi connectivity index (χ0n) is 19.6. The van der Waals surface area contributed by atoms with E-state index in [0.29, 0.717) is 36.4 Å². The van der Waals surface area contributed by atoms with Crippen LogP contribution in [0.3, 0.4) is 0 Å². The molecule has 0 saturated heterocycles. The van der Waals surface area contributed by atoms with Crippen LogP contribution in [-0.2, 0) is 0 Å². The van der Waals surface area contributed by atoms with Gasteiger partial charge in [-0.2, -0.15) is 9.97 Å². The molecule has 0 spiro atoms. The van der Waals surface area contributed by atoms with Crippen LogP contribution >= 0.6 is 0 Å². The third-order valence-corrected chi connectivity index (χ3v) is 5.72. The highest BCUT2D eigenvalue weighted by Gasteiger charge is 2.16. The molecule has 1 heterocycles. The molecule has 0 aliphatic heterocycles. The first-order valence-corrected chi connectivity index (χ1v) is 11.9. The van der Waals surface area contributed by atoms with E-state index in [0.717, 1.165) is 25.7 Å². The first-order chi connectivity index (χ1) is 15.1. The van der Waals surface area contributed by atoms with E-state index in [1.54, 1.807) is 18.2 Å². The first kappa shape index (κ1) is 24.9. The number of benzene rings is 1. The molecule has 31 heavy (non-hydrogen) atoms. The summed E-state index contributed by atoms with van der Waals surface area (Å²) in [5.74, 6) is 1.41. The van der Waals surface area contributed by atoms with Crippen molar-refractivity contribution in [3.63, 3.8) is 0 Å². The minimum Gasteiger partial charge on any atom is -0.507 e. The van der Waals surface area contributed by atoms with Crippen LogP contribution in [0.2, 0.25) is 0 Å². The van der Waals surface area contributed by atoms with E-state index < -0.39 is 0 Å². The number of phenols is 1. The fourth-order valence-electron chi connectivity index (χ4n) is 3.43. The lowest BCUT2D eigenvalue weighted by Gasteiger charge is -2.17. The lowest BCUT2D eigenvalue weighted by atomic mass is 10.0. The Balaban J connectivity index is 2.20. The van der Waals surface area contributed by atoms with Gasteiger partial charge in [-0.05, 0) is 36.8 Å². The lowest BCUT2D eigenvalue weighted by Crippen LogP contribution is -2.15. The zero-order valence-corrected chi connectivity index (χ0v) is 19.6. The van der Waals surface area contributed by atoms with Crippen molar-refractivity contribution in [2.24, 2.45) is 11.8 Å². The molecule has 6 nitrogen and oxygen atoms in total. The summed E-state index contributed by atoms with van der Waals surface area (Å²) < 4.78 is 11.9.